The molecule has 0 amide bonds. The first-order valence-electron chi connectivity index (χ1n) is 5.68. The van der Waals surface area contributed by atoms with Crippen molar-refractivity contribution >= 4 is 21.6 Å². The van der Waals surface area contributed by atoms with Crippen LogP contribution in [0.5, 0.6) is 0 Å². The third kappa shape index (κ3) is 1.57. The molecule has 2 heterocycles. The van der Waals surface area contributed by atoms with Gasteiger partial charge in [-0.15, -0.1) is 11.3 Å². The van der Waals surface area contributed by atoms with E-state index in [1.165, 1.54) is 4.57 Å². The molecule has 3 nitrogen and oxygen atoms in total. The summed E-state index contributed by atoms with van der Waals surface area (Å²) in [5, 5.41) is 0.740. The van der Waals surface area contributed by atoms with Gasteiger partial charge in [0.15, 0.2) is 0 Å². The number of rotatable bonds is 1. The number of aryl methyl sites for hydroxylation is 2. The number of hydrogen-bond acceptors (Lipinski definition) is 3. The van der Waals surface area contributed by atoms with Crippen LogP contribution in [0.15, 0.2) is 41.5 Å². The van der Waals surface area contributed by atoms with Gasteiger partial charge in [-0.05, 0) is 18.1 Å². The molecule has 0 aliphatic heterocycles. The van der Waals surface area contributed by atoms with E-state index < -0.39 is 0 Å². The molecule has 0 atom stereocenters. The highest BCUT2D eigenvalue weighted by Gasteiger charge is 2.14. The number of fused-ring (bicyclic) bond motifs is 1. The van der Waals surface area contributed by atoms with Crippen LogP contribution in [0.25, 0.3) is 20.7 Å². The minimum absolute atomic E-state index is 0.0240. The van der Waals surface area contributed by atoms with Gasteiger partial charge in [-0.25, -0.2) is 4.98 Å². The Morgan fingerprint density at radius 2 is 1.94 bits per heavy atom. The Labute approximate surface area is 108 Å². The van der Waals surface area contributed by atoms with Gasteiger partial charge in [0, 0.05) is 11.9 Å². The summed E-state index contributed by atoms with van der Waals surface area (Å²) in [7, 11) is 1.73. The van der Waals surface area contributed by atoms with Gasteiger partial charge in [0.05, 0.1) is 11.7 Å². The molecule has 1 aromatic carbocycles. The van der Waals surface area contributed by atoms with Crippen molar-refractivity contribution in [2.45, 2.75) is 6.92 Å². The zero-order chi connectivity index (χ0) is 12.7. The number of hydrogen-bond donors (Lipinski definition) is 0. The van der Waals surface area contributed by atoms with E-state index >= 15 is 0 Å². The molecule has 0 saturated heterocycles. The van der Waals surface area contributed by atoms with Gasteiger partial charge < -0.3 is 4.57 Å². The summed E-state index contributed by atoms with van der Waals surface area (Å²) in [6, 6.07) is 10.1. The first kappa shape index (κ1) is 11.2. The van der Waals surface area contributed by atoms with E-state index in [1.54, 1.807) is 24.7 Å². The van der Waals surface area contributed by atoms with Crippen molar-refractivity contribution in [2.24, 2.45) is 7.05 Å². The molecule has 18 heavy (non-hydrogen) atoms. The normalized spacial score (nSPS) is 11.0. The molecule has 0 unspecified atom stereocenters. The number of nitrogens with zero attached hydrogens (tertiary/aromatic N) is 2. The van der Waals surface area contributed by atoms with Crippen LogP contribution in [0.3, 0.4) is 0 Å². The Bertz CT molecular complexity index is 772. The Morgan fingerprint density at radius 3 is 2.67 bits per heavy atom. The standard InChI is InChI=1S/C14H12N2OS/c1-9-11-13(15-8-16(2)14(11)17)18-12(9)10-6-4-3-5-7-10/h3-8H,1-2H3. The van der Waals surface area contributed by atoms with Gasteiger partial charge in [0.2, 0.25) is 0 Å². The van der Waals surface area contributed by atoms with Gasteiger partial charge in [-0.1, -0.05) is 30.3 Å². The lowest BCUT2D eigenvalue weighted by Crippen LogP contribution is -2.16. The molecule has 0 aliphatic rings. The average molecular weight is 256 g/mol. The molecular weight excluding hydrogens is 244 g/mol. The second kappa shape index (κ2) is 4.07. The number of thiophene rings is 1. The molecule has 0 radical (unpaired) electrons. The van der Waals surface area contributed by atoms with Crippen LogP contribution in [0.2, 0.25) is 0 Å². The van der Waals surface area contributed by atoms with Crippen molar-refractivity contribution in [2.75, 3.05) is 0 Å². The molecular formula is C14H12N2OS. The third-order valence-electron chi connectivity index (χ3n) is 3.05. The lowest BCUT2D eigenvalue weighted by molar-refractivity contribution is 0.844. The van der Waals surface area contributed by atoms with E-state index in [2.05, 4.69) is 17.1 Å². The van der Waals surface area contributed by atoms with Gasteiger partial charge in [0.1, 0.15) is 4.83 Å². The first-order chi connectivity index (χ1) is 8.68. The Hall–Kier alpha value is -1.94. The predicted octanol–water partition coefficient (Wildman–Crippen LogP) is 2.97. The van der Waals surface area contributed by atoms with Crippen LogP contribution >= 0.6 is 11.3 Å². The van der Waals surface area contributed by atoms with Crippen molar-refractivity contribution < 1.29 is 0 Å². The smallest absolute Gasteiger partial charge is 0.262 e. The monoisotopic (exact) mass is 256 g/mol. The Kier molecular flexibility index (Phi) is 2.52. The van der Waals surface area contributed by atoms with E-state index in [9.17, 15) is 4.79 Å². The maximum atomic E-state index is 12.1. The highest BCUT2D eigenvalue weighted by Crippen LogP contribution is 2.35. The highest BCUT2D eigenvalue weighted by molar-refractivity contribution is 7.22. The average Bonchev–Trinajstić information content (AvgIpc) is 2.73. The molecule has 0 N–H and O–H groups in total. The van der Waals surface area contributed by atoms with E-state index in [4.69, 9.17) is 0 Å². The van der Waals surface area contributed by atoms with Crippen molar-refractivity contribution in [1.82, 2.24) is 9.55 Å². The van der Waals surface area contributed by atoms with Gasteiger partial charge in [-0.3, -0.25) is 4.79 Å². The van der Waals surface area contributed by atoms with E-state index in [0.717, 1.165) is 26.2 Å². The summed E-state index contributed by atoms with van der Waals surface area (Å²) in [6.07, 6.45) is 1.58. The maximum Gasteiger partial charge on any atom is 0.262 e. The SMILES string of the molecule is Cc1c(-c2ccccc2)sc2ncn(C)c(=O)c12. The van der Waals surface area contributed by atoms with Crippen molar-refractivity contribution in [1.29, 1.82) is 0 Å². The van der Waals surface area contributed by atoms with Crippen LogP contribution < -0.4 is 5.56 Å². The zero-order valence-corrected chi connectivity index (χ0v) is 11.0. The molecule has 0 spiro atoms. The third-order valence-corrected chi connectivity index (χ3v) is 4.30. The molecule has 0 bridgehead atoms. The van der Waals surface area contributed by atoms with Crippen LogP contribution in [0.4, 0.5) is 0 Å². The summed E-state index contributed by atoms with van der Waals surface area (Å²) >= 11 is 1.58. The minimum atomic E-state index is 0.0240. The molecule has 0 fully saturated rings. The highest BCUT2D eigenvalue weighted by atomic mass is 32.1. The van der Waals surface area contributed by atoms with Crippen LogP contribution in [0, 0.1) is 6.92 Å². The molecule has 0 saturated carbocycles. The van der Waals surface area contributed by atoms with Crippen LogP contribution in [0.1, 0.15) is 5.56 Å². The second-order valence-corrected chi connectivity index (χ2v) is 5.26. The maximum absolute atomic E-state index is 12.1. The fraction of sp³-hybridized carbons (Fsp3) is 0.143. The molecule has 0 aliphatic carbocycles. The van der Waals surface area contributed by atoms with Crippen LogP contribution in [-0.2, 0) is 7.05 Å². The quantitative estimate of drug-likeness (QED) is 0.671. The lowest BCUT2D eigenvalue weighted by Gasteiger charge is -1.98. The van der Waals surface area contributed by atoms with Crippen molar-refractivity contribution in [3.05, 3.63) is 52.6 Å². The van der Waals surface area contributed by atoms with Crippen molar-refractivity contribution in [3.63, 3.8) is 0 Å². The van der Waals surface area contributed by atoms with Crippen LogP contribution in [-0.4, -0.2) is 9.55 Å². The fourth-order valence-corrected chi connectivity index (χ4v) is 3.22. The van der Waals surface area contributed by atoms with E-state index in [0.29, 0.717) is 0 Å². The topological polar surface area (TPSA) is 34.9 Å². The van der Waals surface area contributed by atoms with Crippen molar-refractivity contribution in [3.8, 4) is 10.4 Å². The summed E-state index contributed by atoms with van der Waals surface area (Å²) in [5.41, 5.74) is 2.19. The molecule has 4 heteroatoms. The minimum Gasteiger partial charge on any atom is -0.302 e. The molecule has 90 valence electrons. The lowest BCUT2D eigenvalue weighted by atomic mass is 10.1. The van der Waals surface area contributed by atoms with Gasteiger partial charge in [-0.2, -0.15) is 0 Å². The van der Waals surface area contributed by atoms with E-state index in [1.807, 2.05) is 25.1 Å². The molecule has 2 aromatic heterocycles. The number of benzene rings is 1. The second-order valence-electron chi connectivity index (χ2n) is 4.26. The summed E-state index contributed by atoms with van der Waals surface area (Å²) in [6.45, 7) is 1.99. The Morgan fingerprint density at radius 1 is 1.22 bits per heavy atom. The fourth-order valence-electron chi connectivity index (χ4n) is 2.07. The van der Waals surface area contributed by atoms with Gasteiger partial charge >= 0.3 is 0 Å². The van der Waals surface area contributed by atoms with Gasteiger partial charge in [0.25, 0.3) is 5.56 Å². The number of aromatic nitrogens is 2. The largest absolute Gasteiger partial charge is 0.302 e. The molecule has 3 rings (SSSR count). The zero-order valence-electron chi connectivity index (χ0n) is 10.2. The molecule has 3 aromatic rings. The summed E-state index contributed by atoms with van der Waals surface area (Å²) in [4.78, 5) is 18.4. The Balaban J connectivity index is 2.37. The summed E-state index contributed by atoms with van der Waals surface area (Å²) in [5.74, 6) is 0. The van der Waals surface area contributed by atoms with E-state index in [-0.39, 0.29) is 5.56 Å². The predicted molar refractivity (Wildman–Crippen MR) is 75.0 cm³/mol. The first-order valence-corrected chi connectivity index (χ1v) is 6.50. The summed E-state index contributed by atoms with van der Waals surface area (Å²) < 4.78 is 1.52.